The fraction of sp³-hybridized carbons (Fsp3) is 0.909. The summed E-state index contributed by atoms with van der Waals surface area (Å²) in [6, 6.07) is 0. The van der Waals surface area contributed by atoms with Crippen LogP contribution >= 0.6 is 0 Å². The van der Waals surface area contributed by atoms with Crippen LogP contribution in [-0.2, 0) is 0 Å². The Morgan fingerprint density at radius 2 is 0.955 bits per heavy atom. The first-order chi connectivity index (χ1) is 10.9. The predicted molar refractivity (Wildman–Crippen MR) is 85.7 cm³/mol. The van der Waals surface area contributed by atoms with Crippen molar-refractivity contribution in [3.63, 3.8) is 0 Å². The molecule has 0 amide bonds. The van der Waals surface area contributed by atoms with Crippen molar-refractivity contribution in [3.8, 4) is 0 Å². The van der Waals surface area contributed by atoms with E-state index in [2.05, 4.69) is 12.2 Å². The van der Waals surface area contributed by atoms with E-state index >= 15 is 0 Å². The fourth-order valence-electron chi connectivity index (χ4n) is 11.4. The molecule has 7 fully saturated rings. The van der Waals surface area contributed by atoms with Crippen molar-refractivity contribution in [2.75, 3.05) is 0 Å². The van der Waals surface area contributed by atoms with E-state index in [-0.39, 0.29) is 0 Å². The molecule has 14 unspecified atom stereocenters. The quantitative estimate of drug-likeness (QED) is 0.451. The fourth-order valence-corrected chi connectivity index (χ4v) is 11.4. The van der Waals surface area contributed by atoms with Crippen LogP contribution < -0.4 is 0 Å². The van der Waals surface area contributed by atoms with Crippen LogP contribution in [0.5, 0.6) is 0 Å². The van der Waals surface area contributed by atoms with E-state index in [1.54, 1.807) is 38.5 Å². The molecule has 0 N–H and O–H groups in total. The Hall–Kier alpha value is -0.260. The predicted octanol–water partition coefficient (Wildman–Crippen LogP) is 4.62. The summed E-state index contributed by atoms with van der Waals surface area (Å²) < 4.78 is 0. The molecule has 8 aliphatic rings. The van der Waals surface area contributed by atoms with Crippen molar-refractivity contribution in [3.05, 3.63) is 12.2 Å². The maximum atomic E-state index is 2.65. The van der Waals surface area contributed by atoms with Crippen LogP contribution in [0.25, 0.3) is 0 Å². The second kappa shape index (κ2) is 3.27. The molecule has 0 aromatic rings. The van der Waals surface area contributed by atoms with Gasteiger partial charge in [0.1, 0.15) is 0 Å². The minimum Gasteiger partial charge on any atom is -0.0848 e. The minimum atomic E-state index is 1.03. The number of allylic oxidation sites excluding steroid dienone is 2. The van der Waals surface area contributed by atoms with Crippen LogP contribution in [-0.4, -0.2) is 0 Å². The van der Waals surface area contributed by atoms with E-state index in [9.17, 15) is 0 Å². The first-order valence-corrected chi connectivity index (χ1v) is 10.6. The zero-order chi connectivity index (χ0) is 13.7. The zero-order valence-corrected chi connectivity index (χ0v) is 13.5. The van der Waals surface area contributed by atoms with Crippen molar-refractivity contribution < 1.29 is 0 Å². The molecular weight excluding hydrogens is 264 g/mol. The number of rotatable bonds is 0. The van der Waals surface area contributed by atoms with Crippen LogP contribution in [0.2, 0.25) is 0 Å². The molecule has 0 spiro atoms. The van der Waals surface area contributed by atoms with Gasteiger partial charge in [-0.3, -0.25) is 0 Å². The summed E-state index contributed by atoms with van der Waals surface area (Å²) >= 11 is 0. The van der Waals surface area contributed by atoms with Crippen LogP contribution in [0.1, 0.15) is 38.5 Å². The lowest BCUT2D eigenvalue weighted by Gasteiger charge is -2.54. The van der Waals surface area contributed by atoms with Crippen LogP contribution in [0.3, 0.4) is 0 Å². The van der Waals surface area contributed by atoms with Crippen LogP contribution in [0.15, 0.2) is 12.2 Å². The number of fused-ring (bicyclic) bond motifs is 14. The molecule has 22 heavy (non-hydrogen) atoms. The summed E-state index contributed by atoms with van der Waals surface area (Å²) in [4.78, 5) is 0. The van der Waals surface area contributed by atoms with Gasteiger partial charge < -0.3 is 0 Å². The molecule has 0 radical (unpaired) electrons. The van der Waals surface area contributed by atoms with Crippen molar-refractivity contribution in [2.24, 2.45) is 82.9 Å². The van der Waals surface area contributed by atoms with E-state index in [1.165, 1.54) is 59.2 Å². The third-order valence-corrected chi connectivity index (χ3v) is 11.2. The summed E-state index contributed by atoms with van der Waals surface area (Å²) in [5, 5.41) is 0. The average molecular weight is 292 g/mol. The highest BCUT2D eigenvalue weighted by Gasteiger charge is 2.73. The van der Waals surface area contributed by atoms with Gasteiger partial charge >= 0.3 is 0 Å². The molecule has 7 saturated carbocycles. The van der Waals surface area contributed by atoms with Crippen molar-refractivity contribution in [2.45, 2.75) is 38.5 Å². The second-order valence-corrected chi connectivity index (χ2v) is 10.9. The van der Waals surface area contributed by atoms with Gasteiger partial charge in [-0.15, -0.1) is 0 Å². The molecule has 116 valence electrons. The summed E-state index contributed by atoms with van der Waals surface area (Å²) in [5.41, 5.74) is 0. The van der Waals surface area contributed by atoms with Crippen molar-refractivity contribution in [1.82, 2.24) is 0 Å². The molecule has 8 aliphatic carbocycles. The van der Waals surface area contributed by atoms with Gasteiger partial charge in [-0.2, -0.15) is 0 Å². The molecule has 8 bridgehead atoms. The van der Waals surface area contributed by atoms with E-state index in [4.69, 9.17) is 0 Å². The molecule has 14 atom stereocenters. The highest BCUT2D eigenvalue weighted by Crippen LogP contribution is 2.79. The largest absolute Gasteiger partial charge is 0.0848 e. The summed E-state index contributed by atoms with van der Waals surface area (Å²) in [5.74, 6) is 16.5. The summed E-state index contributed by atoms with van der Waals surface area (Å²) in [6.45, 7) is 0. The van der Waals surface area contributed by atoms with Gasteiger partial charge in [-0.1, -0.05) is 12.2 Å². The van der Waals surface area contributed by atoms with Gasteiger partial charge in [0.15, 0.2) is 0 Å². The molecule has 0 heteroatoms. The normalized spacial score (nSPS) is 76.7. The van der Waals surface area contributed by atoms with E-state index in [0.717, 1.165) is 23.7 Å². The van der Waals surface area contributed by atoms with Crippen molar-refractivity contribution >= 4 is 0 Å². The lowest BCUT2D eigenvalue weighted by atomic mass is 9.50. The smallest absolute Gasteiger partial charge is 0.0194 e. The van der Waals surface area contributed by atoms with Crippen LogP contribution in [0.4, 0.5) is 0 Å². The SMILES string of the molecule is C1=CC2CC1C1C3CC(C4C3CC3C5CCC6C5CC4C63)C21. The molecule has 0 aromatic carbocycles. The Balaban J connectivity index is 1.25. The standard InChI is InChI=1S/C22H28/c1-2-10-5-9(1)19-15-8-17(20(10)19)22-16(15)7-14-11-3-4-12-13(11)6-18(22)21(12)14/h1-2,9-22H,3-8H2. The Labute approximate surface area is 134 Å². The van der Waals surface area contributed by atoms with Gasteiger partial charge in [0.25, 0.3) is 0 Å². The summed E-state index contributed by atoms with van der Waals surface area (Å²) in [6.07, 6.45) is 15.2. The van der Waals surface area contributed by atoms with Gasteiger partial charge in [0, 0.05) is 0 Å². The van der Waals surface area contributed by atoms with Gasteiger partial charge in [-0.25, -0.2) is 0 Å². The Kier molecular flexibility index (Phi) is 1.68. The molecule has 0 saturated heterocycles. The maximum Gasteiger partial charge on any atom is -0.0194 e. The Bertz CT molecular complexity index is 597. The first-order valence-electron chi connectivity index (χ1n) is 10.6. The topological polar surface area (TPSA) is 0 Å². The van der Waals surface area contributed by atoms with Gasteiger partial charge in [0.05, 0.1) is 0 Å². The molecule has 0 aliphatic heterocycles. The monoisotopic (exact) mass is 292 g/mol. The summed E-state index contributed by atoms with van der Waals surface area (Å²) in [7, 11) is 0. The highest BCUT2D eigenvalue weighted by atomic mass is 14.8. The molecule has 0 aromatic heterocycles. The van der Waals surface area contributed by atoms with Gasteiger partial charge in [0.2, 0.25) is 0 Å². The minimum absolute atomic E-state index is 1.03. The Morgan fingerprint density at radius 3 is 1.82 bits per heavy atom. The lowest BCUT2D eigenvalue weighted by molar-refractivity contribution is -0.0626. The maximum absolute atomic E-state index is 2.65. The van der Waals surface area contributed by atoms with E-state index in [1.807, 2.05) is 0 Å². The molecule has 0 heterocycles. The Morgan fingerprint density at radius 1 is 0.409 bits per heavy atom. The van der Waals surface area contributed by atoms with Crippen molar-refractivity contribution in [1.29, 1.82) is 0 Å². The lowest BCUT2D eigenvalue weighted by Crippen LogP contribution is -2.49. The average Bonchev–Trinajstić information content (AvgIpc) is 3.31. The number of hydrogen-bond donors (Lipinski definition) is 0. The van der Waals surface area contributed by atoms with E-state index < -0.39 is 0 Å². The third-order valence-electron chi connectivity index (χ3n) is 11.2. The first kappa shape index (κ1) is 11.3. The highest BCUT2D eigenvalue weighted by molar-refractivity contribution is 5.25. The van der Waals surface area contributed by atoms with E-state index in [0.29, 0.717) is 0 Å². The van der Waals surface area contributed by atoms with Gasteiger partial charge in [-0.05, 0) is 121 Å². The number of hydrogen-bond acceptors (Lipinski definition) is 0. The third kappa shape index (κ3) is 0.943. The molecule has 8 rings (SSSR count). The van der Waals surface area contributed by atoms with Crippen LogP contribution in [0, 0.1) is 82.9 Å². The molecular formula is C22H28. The molecule has 0 nitrogen and oxygen atoms in total. The second-order valence-electron chi connectivity index (χ2n) is 10.9. The zero-order valence-electron chi connectivity index (χ0n) is 13.5.